The number of benzene rings is 7. The first-order valence-corrected chi connectivity index (χ1v) is 13.6. The van der Waals surface area contributed by atoms with E-state index in [1.807, 2.05) is 0 Å². The molecular formula is C38H22. The molecule has 0 atom stereocenters. The van der Waals surface area contributed by atoms with Crippen molar-refractivity contribution >= 4 is 32.3 Å². The standard InChI is InChI=1S/C38H22/c1-3-11-27-24(8-1)25-9-5-6-13-29(25)38-33-17-21-16-23-20-35-28-12-4-2-10-26(28)30-14-7-15-31(37(30)35)36(23)32(21)18-22(33)19-34(27)38/h1-15,17-18,20H,16,19H2. The predicted molar refractivity (Wildman–Crippen MR) is 160 cm³/mol. The highest BCUT2D eigenvalue weighted by Crippen LogP contribution is 2.55. The molecule has 7 aromatic carbocycles. The molecule has 3 aliphatic carbocycles. The molecule has 0 saturated carbocycles. The summed E-state index contributed by atoms with van der Waals surface area (Å²) in [5.41, 5.74) is 17.3. The van der Waals surface area contributed by atoms with Gasteiger partial charge in [0.25, 0.3) is 0 Å². The van der Waals surface area contributed by atoms with E-state index in [-0.39, 0.29) is 0 Å². The summed E-state index contributed by atoms with van der Waals surface area (Å²) in [4.78, 5) is 0. The molecule has 0 saturated heterocycles. The van der Waals surface area contributed by atoms with E-state index in [4.69, 9.17) is 0 Å². The second kappa shape index (κ2) is 6.60. The molecule has 0 unspecified atom stereocenters. The van der Waals surface area contributed by atoms with Crippen molar-refractivity contribution in [3.05, 3.63) is 131 Å². The van der Waals surface area contributed by atoms with Crippen molar-refractivity contribution in [2.75, 3.05) is 0 Å². The number of fused-ring (bicyclic) bond motifs is 15. The summed E-state index contributed by atoms with van der Waals surface area (Å²) >= 11 is 0. The van der Waals surface area contributed by atoms with Gasteiger partial charge < -0.3 is 0 Å². The minimum Gasteiger partial charge on any atom is -0.0616 e. The lowest BCUT2D eigenvalue weighted by Crippen LogP contribution is -1.88. The zero-order valence-corrected chi connectivity index (χ0v) is 20.8. The molecule has 174 valence electrons. The third-order valence-electron chi connectivity index (χ3n) is 9.41. The zero-order chi connectivity index (χ0) is 24.5. The van der Waals surface area contributed by atoms with Crippen molar-refractivity contribution < 1.29 is 0 Å². The molecule has 0 fully saturated rings. The van der Waals surface area contributed by atoms with E-state index >= 15 is 0 Å². The summed E-state index contributed by atoms with van der Waals surface area (Å²) in [7, 11) is 0. The first-order valence-electron chi connectivity index (χ1n) is 13.6. The zero-order valence-electron chi connectivity index (χ0n) is 20.8. The van der Waals surface area contributed by atoms with Crippen LogP contribution in [0, 0.1) is 0 Å². The second-order valence-corrected chi connectivity index (χ2v) is 11.2. The van der Waals surface area contributed by atoms with Crippen molar-refractivity contribution in [1.82, 2.24) is 0 Å². The molecule has 7 aromatic rings. The maximum atomic E-state index is 2.54. The largest absolute Gasteiger partial charge is 0.0616 e. The third-order valence-corrected chi connectivity index (χ3v) is 9.41. The van der Waals surface area contributed by atoms with Crippen LogP contribution < -0.4 is 0 Å². The molecule has 0 heteroatoms. The molecule has 0 bridgehead atoms. The van der Waals surface area contributed by atoms with Crippen molar-refractivity contribution in [1.29, 1.82) is 0 Å². The summed E-state index contributed by atoms with van der Waals surface area (Å²) in [6, 6.07) is 41.3. The maximum absolute atomic E-state index is 2.54. The van der Waals surface area contributed by atoms with Crippen LogP contribution in [-0.2, 0) is 12.8 Å². The van der Waals surface area contributed by atoms with Crippen LogP contribution in [0.1, 0.15) is 22.3 Å². The normalized spacial score (nSPS) is 13.6. The van der Waals surface area contributed by atoms with Crippen molar-refractivity contribution in [2.45, 2.75) is 12.8 Å². The summed E-state index contributed by atoms with van der Waals surface area (Å²) in [6.45, 7) is 0. The van der Waals surface area contributed by atoms with Gasteiger partial charge in [0, 0.05) is 0 Å². The highest BCUT2D eigenvalue weighted by molar-refractivity contribution is 6.21. The smallest absolute Gasteiger partial charge is 0.000683 e. The van der Waals surface area contributed by atoms with Crippen molar-refractivity contribution in [2.24, 2.45) is 0 Å². The van der Waals surface area contributed by atoms with Crippen LogP contribution in [0.25, 0.3) is 76.8 Å². The average Bonchev–Trinajstić information content (AvgIpc) is 3.63. The highest BCUT2D eigenvalue weighted by Gasteiger charge is 2.31. The van der Waals surface area contributed by atoms with Crippen LogP contribution in [0.2, 0.25) is 0 Å². The van der Waals surface area contributed by atoms with Crippen LogP contribution >= 0.6 is 0 Å². The van der Waals surface area contributed by atoms with E-state index in [0.717, 1.165) is 12.8 Å². The highest BCUT2D eigenvalue weighted by atomic mass is 14.3. The van der Waals surface area contributed by atoms with Gasteiger partial charge in [0.05, 0.1) is 0 Å². The Morgan fingerprint density at radius 2 is 0.895 bits per heavy atom. The summed E-state index contributed by atoms with van der Waals surface area (Å²) in [5, 5.41) is 8.37. The maximum Gasteiger partial charge on any atom is -0.000683 e. The van der Waals surface area contributed by atoms with Gasteiger partial charge in [-0.25, -0.2) is 0 Å². The molecule has 0 aliphatic heterocycles. The van der Waals surface area contributed by atoms with E-state index in [2.05, 4.69) is 109 Å². The minimum atomic E-state index is 1.01. The molecule has 3 aliphatic rings. The fraction of sp³-hybridized carbons (Fsp3) is 0.0526. The van der Waals surface area contributed by atoms with Gasteiger partial charge in [-0.2, -0.15) is 0 Å². The molecule has 0 nitrogen and oxygen atoms in total. The summed E-state index contributed by atoms with van der Waals surface area (Å²) in [6.07, 6.45) is 2.01. The molecule has 0 aromatic heterocycles. The van der Waals surface area contributed by atoms with Crippen LogP contribution in [-0.4, -0.2) is 0 Å². The van der Waals surface area contributed by atoms with E-state index in [1.54, 1.807) is 0 Å². The molecule has 10 rings (SSSR count). The average molecular weight is 479 g/mol. The van der Waals surface area contributed by atoms with Gasteiger partial charge in [-0.1, -0.05) is 91.0 Å². The quantitative estimate of drug-likeness (QED) is 0.190. The molecule has 0 amide bonds. The second-order valence-electron chi connectivity index (χ2n) is 11.2. The minimum absolute atomic E-state index is 1.01. The van der Waals surface area contributed by atoms with Gasteiger partial charge >= 0.3 is 0 Å². The van der Waals surface area contributed by atoms with E-state index in [9.17, 15) is 0 Å². The van der Waals surface area contributed by atoms with Crippen LogP contribution in [0.15, 0.2) is 109 Å². The lowest BCUT2D eigenvalue weighted by Gasteiger charge is -2.13. The molecule has 38 heavy (non-hydrogen) atoms. The van der Waals surface area contributed by atoms with Crippen molar-refractivity contribution in [3.8, 4) is 44.5 Å². The SMILES string of the molecule is c1ccc2c(c1)-c1cccc3c4c(cc-2c13)Cc1cc2c(cc1-4)Cc1c-2c2ccccc2c2ccccc12. The number of rotatable bonds is 0. The van der Waals surface area contributed by atoms with Gasteiger partial charge in [0.1, 0.15) is 0 Å². The monoisotopic (exact) mass is 478 g/mol. The first kappa shape index (κ1) is 19.4. The van der Waals surface area contributed by atoms with E-state index in [1.165, 1.54) is 99.1 Å². The Morgan fingerprint density at radius 3 is 1.71 bits per heavy atom. The van der Waals surface area contributed by atoms with Crippen LogP contribution in [0.4, 0.5) is 0 Å². The molecular weight excluding hydrogens is 456 g/mol. The van der Waals surface area contributed by atoms with E-state index < -0.39 is 0 Å². The Hall–Kier alpha value is -4.68. The van der Waals surface area contributed by atoms with Gasteiger partial charge in [0.2, 0.25) is 0 Å². The van der Waals surface area contributed by atoms with Crippen molar-refractivity contribution in [3.63, 3.8) is 0 Å². The van der Waals surface area contributed by atoms with Crippen LogP contribution in [0.5, 0.6) is 0 Å². The molecule has 0 heterocycles. The Morgan fingerprint density at radius 1 is 0.342 bits per heavy atom. The van der Waals surface area contributed by atoms with Crippen LogP contribution in [0.3, 0.4) is 0 Å². The fourth-order valence-corrected chi connectivity index (χ4v) is 7.94. The lowest BCUT2D eigenvalue weighted by atomic mass is 9.91. The van der Waals surface area contributed by atoms with Gasteiger partial charge in [-0.05, 0) is 130 Å². The van der Waals surface area contributed by atoms with Gasteiger partial charge in [-0.15, -0.1) is 0 Å². The molecule has 0 spiro atoms. The first-order chi connectivity index (χ1) is 18.8. The number of hydrogen-bond donors (Lipinski definition) is 0. The summed E-state index contributed by atoms with van der Waals surface area (Å²) < 4.78 is 0. The topological polar surface area (TPSA) is 0 Å². The predicted octanol–water partition coefficient (Wildman–Crippen LogP) is 9.94. The Kier molecular flexibility index (Phi) is 3.37. The fourth-order valence-electron chi connectivity index (χ4n) is 7.94. The molecule has 0 radical (unpaired) electrons. The molecule has 0 N–H and O–H groups in total. The Balaban J connectivity index is 1.25. The van der Waals surface area contributed by atoms with E-state index in [0.29, 0.717) is 0 Å². The third kappa shape index (κ3) is 2.20. The Labute approximate surface area is 220 Å². The number of hydrogen-bond acceptors (Lipinski definition) is 0. The van der Waals surface area contributed by atoms with Gasteiger partial charge in [-0.3, -0.25) is 0 Å². The Bertz CT molecular complexity index is 2230. The lowest BCUT2D eigenvalue weighted by molar-refractivity contribution is 1.25. The summed E-state index contributed by atoms with van der Waals surface area (Å²) in [5.74, 6) is 0. The van der Waals surface area contributed by atoms with Gasteiger partial charge in [0.15, 0.2) is 0 Å².